The molecule has 1 aromatic rings. The summed E-state index contributed by atoms with van der Waals surface area (Å²) in [5, 5.41) is 2.84. The fraction of sp³-hybridized carbons (Fsp3) is 0.654. The summed E-state index contributed by atoms with van der Waals surface area (Å²) < 4.78 is 21.3. The third-order valence-electron chi connectivity index (χ3n) is 4.79. The highest BCUT2D eigenvalue weighted by Crippen LogP contribution is 2.29. The molecule has 8 nitrogen and oxygen atoms in total. The lowest BCUT2D eigenvalue weighted by atomic mass is 10.1. The van der Waals surface area contributed by atoms with E-state index in [0.717, 1.165) is 5.56 Å². The van der Waals surface area contributed by atoms with Crippen molar-refractivity contribution >= 4 is 40.4 Å². The van der Waals surface area contributed by atoms with Crippen molar-refractivity contribution < 1.29 is 28.5 Å². The molecule has 1 amide bonds. The van der Waals surface area contributed by atoms with Gasteiger partial charge in [-0.2, -0.15) is 0 Å². The number of thiol groups is 1. The molecule has 0 bridgehead atoms. The molecular weight excluding hydrogens is 500 g/mol. The van der Waals surface area contributed by atoms with Crippen LogP contribution in [0.4, 0.5) is 0 Å². The molecule has 0 fully saturated rings. The molecule has 204 valence electrons. The zero-order chi connectivity index (χ0) is 26.9. The van der Waals surface area contributed by atoms with Gasteiger partial charge in [-0.05, 0) is 52.3 Å². The number of benzene rings is 1. The van der Waals surface area contributed by atoms with Gasteiger partial charge in [0.05, 0.1) is 63.1 Å². The number of nitrogens with one attached hydrogen (secondary N) is 1. The topological polar surface area (TPSA) is 95.5 Å². The first-order valence-corrected chi connectivity index (χ1v) is 14.0. The second-order valence-electron chi connectivity index (χ2n) is 9.53. The Morgan fingerprint density at radius 2 is 1.36 bits per heavy atom. The molecule has 0 spiro atoms. The Labute approximate surface area is 225 Å². The van der Waals surface area contributed by atoms with E-state index >= 15 is 0 Å². The monoisotopic (exact) mass is 542 g/mol. The number of rotatable bonds is 19. The van der Waals surface area contributed by atoms with Gasteiger partial charge in [-0.25, -0.2) is 0 Å². The molecule has 1 rings (SSSR count). The van der Waals surface area contributed by atoms with Crippen LogP contribution in [0.2, 0.25) is 0 Å². The number of carbonyl (C=O) groups is 2. The van der Waals surface area contributed by atoms with E-state index in [0.29, 0.717) is 71.4 Å². The SMILES string of the molecule is CC(C)(C)N=Cc1ccc(C(=O)NCCOCCOCCOCCOCCC(=O)C(C)(C)SS)cc1. The zero-order valence-corrected chi connectivity index (χ0v) is 23.9. The molecule has 0 aromatic heterocycles. The zero-order valence-electron chi connectivity index (χ0n) is 22.2. The third kappa shape index (κ3) is 15.6. The van der Waals surface area contributed by atoms with Gasteiger partial charge < -0.3 is 24.3 Å². The number of hydrogen-bond donors (Lipinski definition) is 2. The van der Waals surface area contributed by atoms with Crippen molar-refractivity contribution in [3.05, 3.63) is 35.4 Å². The quantitative estimate of drug-likeness (QED) is 0.118. The minimum atomic E-state index is -0.493. The Hall–Kier alpha value is -1.43. The van der Waals surface area contributed by atoms with Crippen molar-refractivity contribution in [2.45, 2.75) is 51.3 Å². The van der Waals surface area contributed by atoms with E-state index in [9.17, 15) is 9.59 Å². The lowest BCUT2D eigenvalue weighted by Crippen LogP contribution is -2.27. The van der Waals surface area contributed by atoms with E-state index in [4.69, 9.17) is 18.9 Å². The predicted molar refractivity (Wildman–Crippen MR) is 150 cm³/mol. The fourth-order valence-electron chi connectivity index (χ4n) is 2.61. The van der Waals surface area contributed by atoms with Crippen LogP contribution in [0.25, 0.3) is 0 Å². The maximum atomic E-state index is 12.2. The third-order valence-corrected chi connectivity index (χ3v) is 6.85. The summed E-state index contributed by atoms with van der Waals surface area (Å²) in [6.45, 7) is 13.7. The molecule has 0 radical (unpaired) electrons. The predicted octanol–water partition coefficient (Wildman–Crippen LogP) is 4.02. The van der Waals surface area contributed by atoms with Crippen LogP contribution in [0, 0.1) is 0 Å². The normalized spacial score (nSPS) is 12.3. The van der Waals surface area contributed by atoms with Gasteiger partial charge in [0.1, 0.15) is 0 Å². The minimum Gasteiger partial charge on any atom is -0.379 e. The van der Waals surface area contributed by atoms with Gasteiger partial charge in [0.25, 0.3) is 5.91 Å². The smallest absolute Gasteiger partial charge is 0.251 e. The summed E-state index contributed by atoms with van der Waals surface area (Å²) in [6.07, 6.45) is 2.19. The summed E-state index contributed by atoms with van der Waals surface area (Å²) in [5.41, 5.74) is 1.43. The molecule has 0 aliphatic rings. The van der Waals surface area contributed by atoms with Crippen molar-refractivity contribution in [2.24, 2.45) is 4.99 Å². The van der Waals surface area contributed by atoms with Gasteiger partial charge in [-0.3, -0.25) is 14.6 Å². The Kier molecular flexibility index (Phi) is 16.2. The molecule has 0 saturated heterocycles. The minimum absolute atomic E-state index is 0.119. The second-order valence-corrected chi connectivity index (χ2v) is 11.3. The lowest BCUT2D eigenvalue weighted by Gasteiger charge is -2.18. The maximum absolute atomic E-state index is 12.2. The Morgan fingerprint density at radius 3 is 1.86 bits per heavy atom. The van der Waals surface area contributed by atoms with Gasteiger partial charge in [0, 0.05) is 24.7 Å². The highest BCUT2D eigenvalue weighted by atomic mass is 33.1. The number of ether oxygens (including phenoxy) is 4. The molecule has 10 heteroatoms. The second kappa shape index (κ2) is 17.9. The molecule has 0 unspecified atom stereocenters. The molecular formula is C26H42N2O6S2. The summed E-state index contributed by atoms with van der Waals surface area (Å²) in [6, 6.07) is 7.33. The standard InChI is InChI=1S/C26H42N2O6S2/c1-25(2,3)28-20-21-6-8-22(9-7-21)24(30)27-11-13-32-15-17-34-19-18-33-16-14-31-12-10-23(29)26(4,5)36-35/h6-9,20,35H,10-19H2,1-5H3,(H,27,30). The van der Waals surface area contributed by atoms with Gasteiger partial charge >= 0.3 is 0 Å². The Morgan fingerprint density at radius 1 is 0.861 bits per heavy atom. The molecule has 0 saturated carbocycles. The van der Waals surface area contributed by atoms with Crippen LogP contribution in [-0.2, 0) is 23.7 Å². The van der Waals surface area contributed by atoms with Crippen LogP contribution in [0.5, 0.6) is 0 Å². The van der Waals surface area contributed by atoms with Crippen molar-refractivity contribution in [1.29, 1.82) is 0 Å². The lowest BCUT2D eigenvalue weighted by molar-refractivity contribution is -0.121. The first kappa shape index (κ1) is 32.6. The largest absolute Gasteiger partial charge is 0.379 e. The number of Topliss-reactive ketones (excluding diaryl/α,β-unsaturated/α-hetero) is 1. The Bertz CT molecular complexity index is 795. The number of nitrogens with zero attached hydrogens (tertiary/aromatic N) is 1. The fourth-order valence-corrected chi connectivity index (χ4v) is 3.12. The van der Waals surface area contributed by atoms with E-state index in [1.54, 1.807) is 12.1 Å². The highest BCUT2D eigenvalue weighted by Gasteiger charge is 2.26. The molecule has 1 N–H and O–H groups in total. The summed E-state index contributed by atoms with van der Waals surface area (Å²) >= 11 is 4.12. The van der Waals surface area contributed by atoms with Gasteiger partial charge in [-0.1, -0.05) is 22.9 Å². The van der Waals surface area contributed by atoms with Crippen LogP contribution < -0.4 is 5.32 Å². The first-order chi connectivity index (χ1) is 17.0. The molecule has 1 aromatic carbocycles. The van der Waals surface area contributed by atoms with Gasteiger partial charge in [0.15, 0.2) is 5.78 Å². The van der Waals surface area contributed by atoms with Crippen LogP contribution in [0.3, 0.4) is 0 Å². The van der Waals surface area contributed by atoms with E-state index in [1.165, 1.54) is 10.8 Å². The van der Waals surface area contributed by atoms with E-state index in [2.05, 4.69) is 22.0 Å². The number of amides is 1. The van der Waals surface area contributed by atoms with E-state index < -0.39 is 4.75 Å². The number of carbonyl (C=O) groups excluding carboxylic acids is 2. The van der Waals surface area contributed by atoms with Crippen LogP contribution in [0.15, 0.2) is 29.3 Å². The molecule has 0 atom stereocenters. The highest BCUT2D eigenvalue weighted by molar-refractivity contribution is 8.69. The van der Waals surface area contributed by atoms with E-state index in [-0.39, 0.29) is 17.2 Å². The number of hydrogen-bond acceptors (Lipinski definition) is 9. The Balaban J connectivity index is 1.95. The van der Waals surface area contributed by atoms with Crippen molar-refractivity contribution in [3.63, 3.8) is 0 Å². The van der Waals surface area contributed by atoms with Crippen molar-refractivity contribution in [2.75, 3.05) is 59.4 Å². The van der Waals surface area contributed by atoms with Crippen LogP contribution >= 0.6 is 22.5 Å². The van der Waals surface area contributed by atoms with Crippen molar-refractivity contribution in [3.8, 4) is 0 Å². The maximum Gasteiger partial charge on any atom is 0.251 e. The van der Waals surface area contributed by atoms with Gasteiger partial charge in [0.2, 0.25) is 0 Å². The van der Waals surface area contributed by atoms with Crippen molar-refractivity contribution in [1.82, 2.24) is 5.32 Å². The summed E-state index contributed by atoms with van der Waals surface area (Å²) in [5.74, 6) is -0.0172. The van der Waals surface area contributed by atoms with Crippen LogP contribution in [0.1, 0.15) is 57.0 Å². The van der Waals surface area contributed by atoms with Gasteiger partial charge in [-0.15, -0.1) is 11.7 Å². The summed E-state index contributed by atoms with van der Waals surface area (Å²) in [4.78, 5) is 28.6. The van der Waals surface area contributed by atoms with Crippen LogP contribution in [-0.4, -0.2) is 87.6 Å². The number of aliphatic imine (C=N–C) groups is 1. The first-order valence-electron chi connectivity index (χ1n) is 12.2. The molecule has 0 aliphatic carbocycles. The molecule has 0 heterocycles. The molecule has 0 aliphatic heterocycles. The van der Waals surface area contributed by atoms with E-state index in [1.807, 2.05) is 53.0 Å². The number of ketones is 1. The molecule has 36 heavy (non-hydrogen) atoms. The average molecular weight is 543 g/mol. The summed E-state index contributed by atoms with van der Waals surface area (Å²) in [7, 11) is 1.25. The average Bonchev–Trinajstić information content (AvgIpc) is 2.84.